The van der Waals surface area contributed by atoms with Gasteiger partial charge in [-0.15, -0.1) is 11.6 Å². The number of hydrogen-bond acceptors (Lipinski definition) is 2. The van der Waals surface area contributed by atoms with Crippen LogP contribution in [-0.2, 0) is 10.0 Å². The largest absolute Gasteiger partial charge is 0.243 e. The quantitative estimate of drug-likeness (QED) is 0.743. The molecular formula is C10H12ClNO2S. The summed E-state index contributed by atoms with van der Waals surface area (Å²) in [6.07, 6.45) is 0. The first kappa shape index (κ1) is 10.9. The van der Waals surface area contributed by atoms with Crippen molar-refractivity contribution in [2.24, 2.45) is 0 Å². The Balaban J connectivity index is 2.26. The molecule has 1 aromatic carbocycles. The van der Waals surface area contributed by atoms with Crippen molar-refractivity contribution < 1.29 is 8.42 Å². The predicted octanol–water partition coefficient (Wildman–Crippen LogP) is 1.61. The normalized spacial score (nSPS) is 18.8. The van der Waals surface area contributed by atoms with Crippen LogP contribution >= 0.6 is 11.6 Å². The van der Waals surface area contributed by atoms with E-state index in [2.05, 4.69) is 0 Å². The highest BCUT2D eigenvalue weighted by Crippen LogP contribution is 2.24. The summed E-state index contributed by atoms with van der Waals surface area (Å²) in [4.78, 5) is 0.344. The van der Waals surface area contributed by atoms with Crippen LogP contribution < -0.4 is 0 Å². The molecule has 2 rings (SSSR count). The number of halogens is 1. The highest BCUT2D eigenvalue weighted by Gasteiger charge is 2.35. The lowest BCUT2D eigenvalue weighted by atomic mass is 10.2. The average molecular weight is 246 g/mol. The number of hydrogen-bond donors (Lipinski definition) is 0. The van der Waals surface area contributed by atoms with Crippen LogP contribution in [-0.4, -0.2) is 31.2 Å². The molecule has 5 heteroatoms. The molecule has 1 aliphatic rings. The monoisotopic (exact) mass is 245 g/mol. The van der Waals surface area contributed by atoms with E-state index in [1.807, 2.05) is 6.92 Å². The third kappa shape index (κ3) is 2.02. The Morgan fingerprint density at radius 3 is 2.27 bits per heavy atom. The molecule has 82 valence electrons. The van der Waals surface area contributed by atoms with Crippen LogP contribution in [0.2, 0.25) is 0 Å². The molecule has 1 aliphatic heterocycles. The van der Waals surface area contributed by atoms with E-state index in [4.69, 9.17) is 11.6 Å². The molecule has 1 heterocycles. The minimum atomic E-state index is -3.30. The molecule has 1 fully saturated rings. The number of sulfonamides is 1. The van der Waals surface area contributed by atoms with Gasteiger partial charge in [0.05, 0.1) is 10.3 Å². The van der Waals surface area contributed by atoms with Gasteiger partial charge in [-0.2, -0.15) is 4.31 Å². The van der Waals surface area contributed by atoms with E-state index in [9.17, 15) is 8.42 Å². The summed E-state index contributed by atoms with van der Waals surface area (Å²) in [5, 5.41) is -0.0368. The van der Waals surface area contributed by atoms with E-state index in [1.165, 1.54) is 4.31 Å². The van der Waals surface area contributed by atoms with E-state index in [-0.39, 0.29) is 5.38 Å². The molecule has 0 amide bonds. The number of nitrogens with zero attached hydrogens (tertiary/aromatic N) is 1. The molecule has 0 radical (unpaired) electrons. The highest BCUT2D eigenvalue weighted by molar-refractivity contribution is 7.89. The van der Waals surface area contributed by atoms with Gasteiger partial charge in [0, 0.05) is 13.1 Å². The van der Waals surface area contributed by atoms with Crippen molar-refractivity contribution in [2.75, 3.05) is 13.1 Å². The fourth-order valence-corrected chi connectivity index (χ4v) is 3.47. The molecule has 15 heavy (non-hydrogen) atoms. The summed E-state index contributed by atoms with van der Waals surface area (Å²) < 4.78 is 25.3. The van der Waals surface area contributed by atoms with Gasteiger partial charge in [-0.1, -0.05) is 17.7 Å². The molecule has 0 saturated carbocycles. The molecule has 0 bridgehead atoms. The predicted molar refractivity (Wildman–Crippen MR) is 59.6 cm³/mol. The molecule has 1 aromatic rings. The number of alkyl halides is 1. The Morgan fingerprint density at radius 2 is 1.80 bits per heavy atom. The lowest BCUT2D eigenvalue weighted by Gasteiger charge is -2.34. The second kappa shape index (κ2) is 3.77. The third-order valence-electron chi connectivity index (χ3n) is 2.46. The van der Waals surface area contributed by atoms with Crippen molar-refractivity contribution in [1.29, 1.82) is 0 Å². The number of benzene rings is 1. The summed E-state index contributed by atoms with van der Waals surface area (Å²) >= 11 is 5.76. The molecule has 0 unspecified atom stereocenters. The van der Waals surface area contributed by atoms with Crippen molar-refractivity contribution in [2.45, 2.75) is 17.2 Å². The minimum Gasteiger partial charge on any atom is -0.207 e. The van der Waals surface area contributed by atoms with E-state index in [1.54, 1.807) is 24.3 Å². The van der Waals surface area contributed by atoms with Crippen molar-refractivity contribution in [3.63, 3.8) is 0 Å². The zero-order chi connectivity index (χ0) is 11.1. The lowest BCUT2D eigenvalue weighted by molar-refractivity contribution is 0.316. The van der Waals surface area contributed by atoms with E-state index < -0.39 is 10.0 Å². The average Bonchev–Trinajstić information content (AvgIpc) is 2.13. The van der Waals surface area contributed by atoms with Crippen molar-refractivity contribution in [3.8, 4) is 0 Å². The second-order valence-electron chi connectivity index (χ2n) is 3.73. The minimum absolute atomic E-state index is 0.0368. The van der Waals surface area contributed by atoms with Crippen LogP contribution in [0, 0.1) is 6.92 Å². The van der Waals surface area contributed by atoms with Gasteiger partial charge >= 0.3 is 0 Å². The first-order valence-corrected chi connectivity index (χ1v) is 6.59. The Hall–Kier alpha value is -0.580. The van der Waals surface area contributed by atoms with Crippen LogP contribution in [0.25, 0.3) is 0 Å². The van der Waals surface area contributed by atoms with Crippen LogP contribution in [0.4, 0.5) is 0 Å². The topological polar surface area (TPSA) is 37.4 Å². The van der Waals surface area contributed by atoms with Crippen LogP contribution in [0.15, 0.2) is 29.2 Å². The first-order chi connectivity index (χ1) is 7.00. The lowest BCUT2D eigenvalue weighted by Crippen LogP contribution is -2.50. The highest BCUT2D eigenvalue weighted by atomic mass is 35.5. The van der Waals surface area contributed by atoms with Crippen molar-refractivity contribution in [3.05, 3.63) is 29.8 Å². The van der Waals surface area contributed by atoms with Crippen LogP contribution in [0.1, 0.15) is 5.56 Å². The molecule has 1 saturated heterocycles. The van der Waals surface area contributed by atoms with Crippen LogP contribution in [0.3, 0.4) is 0 Å². The molecule has 0 N–H and O–H groups in total. The van der Waals surface area contributed by atoms with Crippen molar-refractivity contribution >= 4 is 21.6 Å². The Labute approximate surface area is 94.7 Å². The summed E-state index contributed by atoms with van der Waals surface area (Å²) in [6, 6.07) is 6.86. The SMILES string of the molecule is Cc1ccc(S(=O)(=O)N2CC(Cl)C2)cc1. The van der Waals surface area contributed by atoms with Crippen molar-refractivity contribution in [1.82, 2.24) is 4.31 Å². The maximum atomic E-state index is 11.9. The van der Waals surface area contributed by atoms with Gasteiger partial charge in [0.15, 0.2) is 0 Å². The van der Waals surface area contributed by atoms with E-state index >= 15 is 0 Å². The van der Waals surface area contributed by atoms with Gasteiger partial charge in [-0.25, -0.2) is 8.42 Å². The second-order valence-corrected chi connectivity index (χ2v) is 6.29. The van der Waals surface area contributed by atoms with Gasteiger partial charge in [-0.05, 0) is 19.1 Å². The zero-order valence-corrected chi connectivity index (χ0v) is 9.92. The molecule has 0 atom stereocenters. The molecule has 0 spiro atoms. The first-order valence-electron chi connectivity index (χ1n) is 4.71. The zero-order valence-electron chi connectivity index (χ0n) is 8.35. The smallest absolute Gasteiger partial charge is 0.207 e. The maximum absolute atomic E-state index is 11.9. The fraction of sp³-hybridized carbons (Fsp3) is 0.400. The molecular weight excluding hydrogens is 234 g/mol. The number of rotatable bonds is 2. The van der Waals surface area contributed by atoms with Gasteiger partial charge in [0.2, 0.25) is 10.0 Å². The Morgan fingerprint density at radius 1 is 1.27 bits per heavy atom. The Kier molecular flexibility index (Phi) is 2.75. The summed E-state index contributed by atoms with van der Waals surface area (Å²) in [5.74, 6) is 0. The van der Waals surface area contributed by atoms with Gasteiger partial charge in [0.25, 0.3) is 0 Å². The third-order valence-corrected chi connectivity index (χ3v) is 4.58. The molecule has 3 nitrogen and oxygen atoms in total. The van der Waals surface area contributed by atoms with Gasteiger partial charge in [-0.3, -0.25) is 0 Å². The Bertz CT molecular complexity index is 449. The van der Waals surface area contributed by atoms with Gasteiger partial charge < -0.3 is 0 Å². The summed E-state index contributed by atoms with van der Waals surface area (Å²) in [5.41, 5.74) is 1.05. The van der Waals surface area contributed by atoms with Gasteiger partial charge in [0.1, 0.15) is 0 Å². The number of aryl methyl sites for hydroxylation is 1. The fourth-order valence-electron chi connectivity index (χ4n) is 1.44. The summed E-state index contributed by atoms with van der Waals surface area (Å²) in [7, 11) is -3.30. The van der Waals surface area contributed by atoms with E-state index in [0.717, 1.165) is 5.56 Å². The standard InChI is InChI=1S/C10H12ClNO2S/c1-8-2-4-10(5-3-8)15(13,14)12-6-9(11)7-12/h2-5,9H,6-7H2,1H3. The maximum Gasteiger partial charge on any atom is 0.243 e. The molecule has 0 aliphatic carbocycles. The summed E-state index contributed by atoms with van der Waals surface area (Å²) in [6.45, 7) is 2.75. The molecule has 0 aromatic heterocycles. The van der Waals surface area contributed by atoms with Crippen LogP contribution in [0.5, 0.6) is 0 Å². The van der Waals surface area contributed by atoms with E-state index in [0.29, 0.717) is 18.0 Å².